The lowest BCUT2D eigenvalue weighted by Crippen LogP contribution is -2.04. The Morgan fingerprint density at radius 3 is 2.62 bits per heavy atom. The Morgan fingerprint density at radius 1 is 1.25 bits per heavy atom. The Balaban J connectivity index is 1.90. The minimum atomic E-state index is -0.405. The molecule has 2 heterocycles. The van der Waals surface area contributed by atoms with Gasteiger partial charge in [0.2, 0.25) is 5.89 Å². The van der Waals surface area contributed by atoms with Crippen molar-refractivity contribution < 1.29 is 9.34 Å². The average molecular weight is 326 g/mol. The molecular formula is C17H18N4O3. The fourth-order valence-corrected chi connectivity index (χ4v) is 2.82. The average Bonchev–Trinajstić information content (AvgIpc) is 3.04. The van der Waals surface area contributed by atoms with Gasteiger partial charge in [0.1, 0.15) is 23.3 Å². The molecule has 124 valence electrons. The number of oxazole rings is 1. The van der Waals surface area contributed by atoms with Gasteiger partial charge < -0.3 is 4.42 Å². The Morgan fingerprint density at radius 2 is 2.00 bits per heavy atom. The molecule has 3 aromatic rings. The minimum Gasteiger partial charge on any atom is -0.444 e. The normalized spacial score (nSPS) is 11.0. The van der Waals surface area contributed by atoms with E-state index in [0.29, 0.717) is 29.5 Å². The van der Waals surface area contributed by atoms with Gasteiger partial charge in [0.25, 0.3) is 0 Å². The van der Waals surface area contributed by atoms with Crippen LogP contribution in [0.15, 0.2) is 28.9 Å². The number of aromatic nitrogens is 3. The first kappa shape index (κ1) is 15.9. The van der Waals surface area contributed by atoms with Gasteiger partial charge in [-0.3, -0.25) is 14.8 Å². The van der Waals surface area contributed by atoms with Crippen molar-refractivity contribution in [1.29, 1.82) is 0 Å². The van der Waals surface area contributed by atoms with E-state index in [1.165, 1.54) is 5.56 Å². The molecule has 0 aliphatic heterocycles. The minimum absolute atomic E-state index is 0.0492. The predicted molar refractivity (Wildman–Crippen MR) is 88.9 cm³/mol. The van der Waals surface area contributed by atoms with E-state index >= 15 is 0 Å². The van der Waals surface area contributed by atoms with Crippen LogP contribution in [0.25, 0.3) is 11.5 Å². The molecule has 0 unspecified atom stereocenters. The second-order valence-electron chi connectivity index (χ2n) is 5.90. The highest BCUT2D eigenvalue weighted by Gasteiger charge is 2.22. The Kier molecular flexibility index (Phi) is 3.92. The van der Waals surface area contributed by atoms with E-state index in [0.717, 1.165) is 11.1 Å². The topological polar surface area (TPSA) is 87.0 Å². The van der Waals surface area contributed by atoms with Gasteiger partial charge in [0, 0.05) is 5.56 Å². The molecule has 0 atom stereocenters. The molecule has 0 spiro atoms. The highest BCUT2D eigenvalue weighted by Crippen LogP contribution is 2.25. The third-order valence-electron chi connectivity index (χ3n) is 4.00. The summed E-state index contributed by atoms with van der Waals surface area (Å²) in [6.07, 6.45) is 1.57. The molecule has 7 heteroatoms. The molecular weight excluding hydrogens is 308 g/mol. The lowest BCUT2D eigenvalue weighted by molar-refractivity contribution is -0.386. The number of hydrogen-bond donors (Lipinski definition) is 0. The van der Waals surface area contributed by atoms with Crippen LogP contribution in [0.4, 0.5) is 5.69 Å². The van der Waals surface area contributed by atoms with Gasteiger partial charge in [-0.1, -0.05) is 17.7 Å². The maximum Gasteiger partial charge on any atom is 0.312 e. The summed E-state index contributed by atoms with van der Waals surface area (Å²) < 4.78 is 7.16. The van der Waals surface area contributed by atoms with Crippen LogP contribution in [0.2, 0.25) is 0 Å². The molecule has 0 radical (unpaired) electrons. The zero-order chi connectivity index (χ0) is 17.4. The van der Waals surface area contributed by atoms with Gasteiger partial charge in [-0.05, 0) is 39.3 Å². The molecule has 7 nitrogen and oxygen atoms in total. The second kappa shape index (κ2) is 5.92. The molecule has 24 heavy (non-hydrogen) atoms. The molecule has 2 aromatic heterocycles. The quantitative estimate of drug-likeness (QED) is 0.538. The molecule has 0 fully saturated rings. The van der Waals surface area contributed by atoms with Crippen molar-refractivity contribution in [2.75, 3.05) is 0 Å². The molecule has 0 bridgehead atoms. The van der Waals surface area contributed by atoms with E-state index in [4.69, 9.17) is 4.42 Å². The third-order valence-corrected chi connectivity index (χ3v) is 4.00. The van der Waals surface area contributed by atoms with E-state index in [1.807, 2.05) is 26.0 Å². The van der Waals surface area contributed by atoms with Crippen LogP contribution >= 0.6 is 0 Å². The van der Waals surface area contributed by atoms with Crippen molar-refractivity contribution in [3.63, 3.8) is 0 Å². The standard InChI is InChI=1S/C17H18N4O3/c1-10-5-6-15(11(2)7-10)17-18-14(9-24-17)8-20-13(4)16(21(22)23)12(3)19-20/h5-7,9H,8H2,1-4H3. The lowest BCUT2D eigenvalue weighted by Gasteiger charge is -2.02. The van der Waals surface area contributed by atoms with Gasteiger partial charge in [0.15, 0.2) is 0 Å². The Hall–Kier alpha value is -2.96. The summed E-state index contributed by atoms with van der Waals surface area (Å²) in [6.45, 7) is 7.69. The van der Waals surface area contributed by atoms with Crippen LogP contribution in [0.3, 0.4) is 0 Å². The van der Waals surface area contributed by atoms with Crippen LogP contribution in [0, 0.1) is 37.8 Å². The van der Waals surface area contributed by atoms with Gasteiger partial charge in [-0.2, -0.15) is 5.10 Å². The fourth-order valence-electron chi connectivity index (χ4n) is 2.82. The summed E-state index contributed by atoms with van der Waals surface area (Å²) in [4.78, 5) is 15.2. The van der Waals surface area contributed by atoms with Crippen molar-refractivity contribution in [2.45, 2.75) is 34.2 Å². The Bertz CT molecular complexity index is 924. The van der Waals surface area contributed by atoms with E-state index in [1.54, 1.807) is 24.8 Å². The van der Waals surface area contributed by atoms with Gasteiger partial charge in [-0.25, -0.2) is 4.98 Å². The summed E-state index contributed by atoms with van der Waals surface area (Å²) in [5, 5.41) is 15.3. The van der Waals surface area contributed by atoms with Crippen molar-refractivity contribution in [2.24, 2.45) is 0 Å². The highest BCUT2D eigenvalue weighted by atomic mass is 16.6. The molecule has 0 amide bonds. The smallest absolute Gasteiger partial charge is 0.312 e. The third kappa shape index (κ3) is 2.80. The predicted octanol–water partition coefficient (Wildman–Crippen LogP) is 3.73. The van der Waals surface area contributed by atoms with Crippen LogP contribution in [0.5, 0.6) is 0 Å². The molecule has 1 aromatic carbocycles. The fraction of sp³-hybridized carbons (Fsp3) is 0.294. The van der Waals surface area contributed by atoms with Gasteiger partial charge >= 0.3 is 5.69 Å². The number of nitro groups is 1. The number of hydrogen-bond acceptors (Lipinski definition) is 5. The van der Waals surface area contributed by atoms with Gasteiger partial charge in [-0.15, -0.1) is 0 Å². The summed E-state index contributed by atoms with van der Waals surface area (Å²) in [6, 6.07) is 6.06. The van der Waals surface area contributed by atoms with Crippen LogP contribution < -0.4 is 0 Å². The maximum atomic E-state index is 11.1. The summed E-state index contributed by atoms with van der Waals surface area (Å²) in [5.41, 5.74) is 4.83. The number of rotatable bonds is 4. The van der Waals surface area contributed by atoms with Gasteiger partial charge in [0.05, 0.1) is 11.5 Å². The maximum absolute atomic E-state index is 11.1. The summed E-state index contributed by atoms with van der Waals surface area (Å²) >= 11 is 0. The zero-order valence-corrected chi connectivity index (χ0v) is 14.0. The summed E-state index contributed by atoms with van der Waals surface area (Å²) in [7, 11) is 0. The molecule has 0 saturated heterocycles. The monoisotopic (exact) mass is 326 g/mol. The first-order valence-corrected chi connectivity index (χ1v) is 7.57. The van der Waals surface area contributed by atoms with E-state index in [-0.39, 0.29) is 5.69 Å². The van der Waals surface area contributed by atoms with Crippen LogP contribution in [-0.2, 0) is 6.54 Å². The first-order chi connectivity index (χ1) is 11.4. The van der Waals surface area contributed by atoms with E-state index < -0.39 is 4.92 Å². The van der Waals surface area contributed by atoms with Crippen molar-refractivity contribution in [1.82, 2.24) is 14.8 Å². The molecule has 0 aliphatic carbocycles. The largest absolute Gasteiger partial charge is 0.444 e. The SMILES string of the molecule is Cc1ccc(-c2nc(Cn3nc(C)c([N+](=O)[O-])c3C)co2)c(C)c1. The highest BCUT2D eigenvalue weighted by molar-refractivity contribution is 5.59. The molecule has 0 aliphatic rings. The second-order valence-corrected chi connectivity index (χ2v) is 5.90. The number of benzene rings is 1. The molecule has 0 N–H and O–H groups in total. The Labute approximate surface area is 139 Å². The molecule has 3 rings (SSSR count). The molecule has 0 saturated carbocycles. The van der Waals surface area contributed by atoms with Crippen molar-refractivity contribution >= 4 is 5.69 Å². The van der Waals surface area contributed by atoms with E-state index in [9.17, 15) is 10.1 Å². The first-order valence-electron chi connectivity index (χ1n) is 7.57. The lowest BCUT2D eigenvalue weighted by atomic mass is 10.1. The van der Waals surface area contributed by atoms with E-state index in [2.05, 4.69) is 16.1 Å². The number of aryl methyl sites for hydroxylation is 3. The van der Waals surface area contributed by atoms with Crippen LogP contribution in [0.1, 0.15) is 28.2 Å². The van der Waals surface area contributed by atoms with Crippen molar-refractivity contribution in [3.8, 4) is 11.5 Å². The van der Waals surface area contributed by atoms with Crippen LogP contribution in [-0.4, -0.2) is 19.7 Å². The van der Waals surface area contributed by atoms with Crippen molar-refractivity contribution in [3.05, 3.63) is 62.8 Å². The zero-order valence-electron chi connectivity index (χ0n) is 14.0. The number of nitrogens with zero attached hydrogens (tertiary/aromatic N) is 4. The summed E-state index contributed by atoms with van der Waals surface area (Å²) in [5.74, 6) is 0.540.